The minimum Gasteiger partial charge on any atom is -0.349 e. The standard InChI is InChI=1S/C27H35FN4O3S/c1-17-15-24(13-14-25(17)26-16-32(4)19(3)30-26)36(34,35)31-23-11-7-21(8-12-23)27(33)29-18(2)20-5-9-22(28)10-6-20/h5-6,9-10,13-18,21,23,25,31H,7-8,11-12H2,1-4H3,(H,29,33)/t17-,18-,21-,23-,25?/m1/s1. The van der Waals surface area contributed by atoms with Gasteiger partial charge in [-0.15, -0.1) is 0 Å². The highest BCUT2D eigenvalue weighted by atomic mass is 32.2. The molecule has 2 aliphatic rings. The molecule has 1 aromatic carbocycles. The maximum Gasteiger partial charge on any atom is 0.240 e. The predicted octanol–water partition coefficient (Wildman–Crippen LogP) is 4.40. The van der Waals surface area contributed by atoms with Crippen LogP contribution in [0.25, 0.3) is 0 Å². The average molecular weight is 515 g/mol. The lowest BCUT2D eigenvalue weighted by atomic mass is 9.85. The average Bonchev–Trinajstić information content (AvgIpc) is 3.17. The van der Waals surface area contributed by atoms with Crippen LogP contribution in [-0.4, -0.2) is 29.9 Å². The maximum atomic E-state index is 13.2. The molecule has 1 fully saturated rings. The van der Waals surface area contributed by atoms with Crippen LogP contribution >= 0.6 is 0 Å². The number of carbonyl (C=O) groups is 1. The van der Waals surface area contributed by atoms with E-state index in [-0.39, 0.29) is 46.5 Å². The molecule has 1 unspecified atom stereocenters. The van der Waals surface area contributed by atoms with Crippen LogP contribution in [-0.2, 0) is 21.9 Å². The van der Waals surface area contributed by atoms with E-state index in [4.69, 9.17) is 0 Å². The molecule has 3 atom stereocenters. The summed E-state index contributed by atoms with van der Waals surface area (Å²) in [7, 11) is -1.71. The van der Waals surface area contributed by atoms with Gasteiger partial charge in [0.15, 0.2) is 0 Å². The molecule has 4 rings (SSSR count). The summed E-state index contributed by atoms with van der Waals surface area (Å²) in [5.74, 6) is 0.438. The van der Waals surface area contributed by atoms with Crippen molar-refractivity contribution in [3.8, 4) is 0 Å². The molecule has 36 heavy (non-hydrogen) atoms. The Morgan fingerprint density at radius 2 is 1.83 bits per heavy atom. The molecule has 1 heterocycles. The van der Waals surface area contributed by atoms with Gasteiger partial charge in [0.1, 0.15) is 11.6 Å². The Bertz CT molecular complexity index is 1240. The lowest BCUT2D eigenvalue weighted by Crippen LogP contribution is -2.41. The van der Waals surface area contributed by atoms with E-state index >= 15 is 0 Å². The summed E-state index contributed by atoms with van der Waals surface area (Å²) < 4.78 is 44.1. The van der Waals surface area contributed by atoms with Crippen LogP contribution in [0.15, 0.2) is 53.6 Å². The van der Waals surface area contributed by atoms with Crippen molar-refractivity contribution in [3.05, 3.63) is 76.5 Å². The molecule has 194 valence electrons. The number of allylic oxidation sites excluding steroid dienone is 3. The van der Waals surface area contributed by atoms with E-state index in [2.05, 4.69) is 15.0 Å². The number of benzene rings is 1. The first-order chi connectivity index (χ1) is 17.0. The number of sulfonamides is 1. The van der Waals surface area contributed by atoms with Crippen molar-refractivity contribution in [2.24, 2.45) is 18.9 Å². The SMILES string of the molecule is Cc1nc(C2C=CC(S(=O)(=O)N[C@H]3CC[C@H](C(=O)N[C@H](C)c4ccc(F)cc4)CC3)=C[C@H]2C)cn1C. The van der Waals surface area contributed by atoms with E-state index in [0.29, 0.717) is 25.7 Å². The quantitative estimate of drug-likeness (QED) is 0.573. The van der Waals surface area contributed by atoms with E-state index in [1.54, 1.807) is 24.3 Å². The molecule has 0 aliphatic heterocycles. The van der Waals surface area contributed by atoms with E-state index in [1.807, 2.05) is 44.7 Å². The Labute approximate surface area is 212 Å². The summed E-state index contributed by atoms with van der Waals surface area (Å²) in [6.07, 6.45) is 9.81. The number of amides is 1. The highest BCUT2D eigenvalue weighted by Crippen LogP contribution is 2.33. The summed E-state index contributed by atoms with van der Waals surface area (Å²) in [4.78, 5) is 17.6. The van der Waals surface area contributed by atoms with E-state index < -0.39 is 10.0 Å². The van der Waals surface area contributed by atoms with Crippen molar-refractivity contribution in [1.29, 1.82) is 0 Å². The second-order valence-electron chi connectivity index (χ2n) is 10.1. The second kappa shape index (κ2) is 10.7. The summed E-state index contributed by atoms with van der Waals surface area (Å²) in [5, 5.41) is 3.00. The molecule has 0 spiro atoms. The van der Waals surface area contributed by atoms with E-state index in [0.717, 1.165) is 17.1 Å². The topological polar surface area (TPSA) is 93.1 Å². The first-order valence-electron chi connectivity index (χ1n) is 12.5. The van der Waals surface area contributed by atoms with Crippen molar-refractivity contribution in [2.75, 3.05) is 0 Å². The molecule has 1 amide bonds. The Morgan fingerprint density at radius 3 is 2.42 bits per heavy atom. The van der Waals surface area contributed by atoms with Crippen LogP contribution in [0, 0.1) is 24.6 Å². The molecular weight excluding hydrogens is 479 g/mol. The van der Waals surface area contributed by atoms with Crippen molar-refractivity contribution in [2.45, 2.75) is 64.5 Å². The number of hydrogen-bond acceptors (Lipinski definition) is 4. The first kappa shape index (κ1) is 26.3. The highest BCUT2D eigenvalue weighted by Gasteiger charge is 2.31. The summed E-state index contributed by atoms with van der Waals surface area (Å²) in [6.45, 7) is 5.82. The van der Waals surface area contributed by atoms with E-state index in [1.165, 1.54) is 12.1 Å². The summed E-state index contributed by atoms with van der Waals surface area (Å²) >= 11 is 0. The number of imidazole rings is 1. The number of halogens is 1. The van der Waals surface area contributed by atoms with Gasteiger partial charge in [0.05, 0.1) is 16.6 Å². The van der Waals surface area contributed by atoms with Crippen LogP contribution in [0.5, 0.6) is 0 Å². The number of nitrogens with zero attached hydrogens (tertiary/aromatic N) is 2. The molecule has 0 radical (unpaired) electrons. The van der Waals surface area contributed by atoms with Gasteiger partial charge < -0.3 is 9.88 Å². The van der Waals surface area contributed by atoms with Crippen molar-refractivity contribution in [3.63, 3.8) is 0 Å². The van der Waals surface area contributed by atoms with Gasteiger partial charge in [-0.1, -0.05) is 31.2 Å². The third-order valence-corrected chi connectivity index (χ3v) is 8.93. The minimum absolute atomic E-state index is 0.00148. The normalized spacial score (nSPS) is 25.3. The Hall–Kier alpha value is -2.78. The molecule has 2 N–H and O–H groups in total. The van der Waals surface area contributed by atoms with Gasteiger partial charge >= 0.3 is 0 Å². The molecule has 0 bridgehead atoms. The van der Waals surface area contributed by atoms with Gasteiger partial charge in [0.2, 0.25) is 15.9 Å². The fourth-order valence-electron chi connectivity index (χ4n) is 5.01. The largest absolute Gasteiger partial charge is 0.349 e. The van der Waals surface area contributed by atoms with Gasteiger partial charge in [-0.05, 0) is 69.2 Å². The Balaban J connectivity index is 1.30. The zero-order chi connectivity index (χ0) is 26.0. The number of rotatable bonds is 7. The number of aryl methyl sites for hydroxylation is 2. The molecule has 1 aromatic heterocycles. The summed E-state index contributed by atoms with van der Waals surface area (Å²) in [6, 6.07) is 5.68. The minimum atomic E-state index is -3.65. The van der Waals surface area contributed by atoms with Gasteiger partial charge in [-0.25, -0.2) is 22.5 Å². The van der Waals surface area contributed by atoms with Crippen molar-refractivity contribution < 1.29 is 17.6 Å². The third-order valence-electron chi connectivity index (χ3n) is 7.39. The lowest BCUT2D eigenvalue weighted by molar-refractivity contribution is -0.126. The summed E-state index contributed by atoms with van der Waals surface area (Å²) in [5.41, 5.74) is 1.78. The first-order valence-corrected chi connectivity index (χ1v) is 14.0. The smallest absolute Gasteiger partial charge is 0.240 e. The van der Waals surface area contributed by atoms with Crippen LogP contribution in [0.4, 0.5) is 4.39 Å². The molecular formula is C27H35FN4O3S. The molecule has 2 aliphatic carbocycles. The maximum absolute atomic E-state index is 13.2. The fourth-order valence-corrected chi connectivity index (χ4v) is 6.48. The van der Waals surface area contributed by atoms with Crippen LogP contribution in [0.1, 0.15) is 68.6 Å². The van der Waals surface area contributed by atoms with Crippen molar-refractivity contribution >= 4 is 15.9 Å². The second-order valence-corrected chi connectivity index (χ2v) is 11.8. The monoisotopic (exact) mass is 514 g/mol. The van der Waals surface area contributed by atoms with Gasteiger partial charge in [-0.2, -0.15) is 0 Å². The third kappa shape index (κ3) is 5.95. The lowest BCUT2D eigenvalue weighted by Gasteiger charge is -2.30. The van der Waals surface area contributed by atoms with Crippen LogP contribution in [0.2, 0.25) is 0 Å². The molecule has 2 aromatic rings. The van der Waals surface area contributed by atoms with Gasteiger partial charge in [0.25, 0.3) is 0 Å². The number of hydrogen-bond donors (Lipinski definition) is 2. The molecule has 9 heteroatoms. The van der Waals surface area contributed by atoms with Gasteiger partial charge in [-0.3, -0.25) is 4.79 Å². The Kier molecular flexibility index (Phi) is 7.80. The molecule has 1 saturated carbocycles. The number of carbonyl (C=O) groups excluding carboxylic acids is 1. The molecule has 7 nitrogen and oxygen atoms in total. The predicted molar refractivity (Wildman–Crippen MR) is 138 cm³/mol. The van der Waals surface area contributed by atoms with Crippen LogP contribution in [0.3, 0.4) is 0 Å². The molecule has 0 saturated heterocycles. The Morgan fingerprint density at radius 1 is 1.17 bits per heavy atom. The zero-order valence-corrected chi connectivity index (χ0v) is 22.1. The highest BCUT2D eigenvalue weighted by molar-refractivity contribution is 7.93. The van der Waals surface area contributed by atoms with Gasteiger partial charge in [0, 0.05) is 31.1 Å². The van der Waals surface area contributed by atoms with Crippen LogP contribution < -0.4 is 10.0 Å². The van der Waals surface area contributed by atoms with E-state index in [9.17, 15) is 17.6 Å². The number of aromatic nitrogens is 2. The van der Waals surface area contributed by atoms with Crippen molar-refractivity contribution in [1.82, 2.24) is 19.6 Å². The zero-order valence-electron chi connectivity index (χ0n) is 21.2. The number of nitrogens with one attached hydrogen (secondary N) is 2. The fraction of sp³-hybridized carbons (Fsp3) is 0.481.